The molecule has 0 N–H and O–H groups in total. The predicted molar refractivity (Wildman–Crippen MR) is 103 cm³/mol. The van der Waals surface area contributed by atoms with E-state index in [-0.39, 0.29) is 5.91 Å². The van der Waals surface area contributed by atoms with Gasteiger partial charge >= 0.3 is 0 Å². The minimum absolute atomic E-state index is 0.0538. The van der Waals surface area contributed by atoms with Crippen molar-refractivity contribution in [3.63, 3.8) is 0 Å². The van der Waals surface area contributed by atoms with Gasteiger partial charge in [-0.3, -0.25) is 14.7 Å². The van der Waals surface area contributed by atoms with E-state index < -0.39 is 0 Å². The number of para-hydroxylation sites is 1. The van der Waals surface area contributed by atoms with Gasteiger partial charge in [0.15, 0.2) is 0 Å². The molecule has 1 amide bonds. The van der Waals surface area contributed by atoms with E-state index in [2.05, 4.69) is 22.0 Å². The Morgan fingerprint density at radius 1 is 1.07 bits per heavy atom. The molecule has 3 aliphatic rings. The number of piperidine rings is 1. The van der Waals surface area contributed by atoms with Crippen LogP contribution in [-0.2, 0) is 6.54 Å². The van der Waals surface area contributed by atoms with Gasteiger partial charge in [-0.2, -0.15) is 0 Å². The Hall–Kier alpha value is -2.66. The molecule has 138 valence electrons. The molecule has 3 aromatic rings. The number of carbonyl (C=O) groups excluding carboxylic acids is 1. The molecule has 0 radical (unpaired) electrons. The Kier molecular flexibility index (Phi) is 4.17. The number of hydrogen-bond acceptors (Lipinski definition) is 4. The third kappa shape index (κ3) is 3.23. The van der Waals surface area contributed by atoms with E-state index in [1.165, 1.54) is 6.42 Å². The van der Waals surface area contributed by atoms with Crippen molar-refractivity contribution < 1.29 is 9.21 Å². The number of furan rings is 1. The van der Waals surface area contributed by atoms with Crippen LogP contribution in [0, 0.1) is 5.92 Å². The molecule has 27 heavy (non-hydrogen) atoms. The standard InChI is InChI=1S/C22H23N3O2/c26-22(20-6-3-4-10-23-20)25-13-16-8-9-18(14-25)24(12-16)15-19-11-17-5-1-2-7-21(17)27-19/h1-7,10-11,16,18H,8-9,12-15H2/t16-,18-/m1/s1. The number of rotatable bonds is 3. The Balaban J connectivity index is 1.34. The van der Waals surface area contributed by atoms with Crippen molar-refractivity contribution >= 4 is 16.9 Å². The van der Waals surface area contributed by atoms with Crippen molar-refractivity contribution in [3.8, 4) is 0 Å². The summed E-state index contributed by atoms with van der Waals surface area (Å²) in [5.74, 6) is 1.57. The van der Waals surface area contributed by atoms with Gasteiger partial charge in [-0.15, -0.1) is 0 Å². The third-order valence-electron chi connectivity index (χ3n) is 5.83. The van der Waals surface area contributed by atoms with Crippen LogP contribution in [0.3, 0.4) is 0 Å². The summed E-state index contributed by atoms with van der Waals surface area (Å²) in [4.78, 5) is 21.6. The molecular formula is C22H23N3O2. The van der Waals surface area contributed by atoms with Crippen LogP contribution in [-0.4, -0.2) is 46.4 Å². The zero-order valence-electron chi connectivity index (χ0n) is 15.3. The minimum atomic E-state index is 0.0538. The number of aromatic nitrogens is 1. The number of carbonyl (C=O) groups is 1. The lowest BCUT2D eigenvalue weighted by atomic mass is 9.95. The largest absolute Gasteiger partial charge is 0.460 e. The smallest absolute Gasteiger partial charge is 0.272 e. The summed E-state index contributed by atoms with van der Waals surface area (Å²) < 4.78 is 6.03. The quantitative estimate of drug-likeness (QED) is 0.716. The molecule has 2 bridgehead atoms. The molecule has 6 rings (SSSR count). The van der Waals surface area contributed by atoms with Crippen LogP contribution in [0.1, 0.15) is 29.1 Å². The van der Waals surface area contributed by atoms with E-state index in [9.17, 15) is 4.79 Å². The second-order valence-electron chi connectivity index (χ2n) is 7.70. The highest BCUT2D eigenvalue weighted by atomic mass is 16.3. The molecule has 5 heteroatoms. The van der Waals surface area contributed by atoms with Gasteiger partial charge in [0.25, 0.3) is 5.91 Å². The fourth-order valence-corrected chi connectivity index (χ4v) is 4.50. The molecule has 2 atom stereocenters. The molecule has 0 aliphatic carbocycles. The van der Waals surface area contributed by atoms with Crippen molar-refractivity contribution in [2.24, 2.45) is 5.92 Å². The van der Waals surface area contributed by atoms with E-state index >= 15 is 0 Å². The second kappa shape index (κ2) is 6.82. The first kappa shape index (κ1) is 16.5. The maximum absolute atomic E-state index is 12.9. The predicted octanol–water partition coefficient (Wildman–Crippen LogP) is 3.56. The fourth-order valence-electron chi connectivity index (χ4n) is 4.50. The summed E-state index contributed by atoms with van der Waals surface area (Å²) in [5, 5.41) is 1.15. The Morgan fingerprint density at radius 3 is 2.81 bits per heavy atom. The Labute approximate surface area is 158 Å². The first-order valence-electron chi connectivity index (χ1n) is 9.68. The van der Waals surface area contributed by atoms with Gasteiger partial charge in [-0.1, -0.05) is 24.3 Å². The van der Waals surface area contributed by atoms with Gasteiger partial charge < -0.3 is 9.32 Å². The number of amides is 1. The summed E-state index contributed by atoms with van der Waals surface area (Å²) in [6.45, 7) is 3.42. The van der Waals surface area contributed by atoms with Crippen molar-refractivity contribution in [1.82, 2.24) is 14.8 Å². The number of nitrogens with zero attached hydrogens (tertiary/aromatic N) is 3. The summed E-state index contributed by atoms with van der Waals surface area (Å²) in [7, 11) is 0. The Bertz CT molecular complexity index is 919. The van der Waals surface area contributed by atoms with Crippen LogP contribution in [0.15, 0.2) is 59.1 Å². The lowest BCUT2D eigenvalue weighted by Crippen LogP contribution is -2.43. The van der Waals surface area contributed by atoms with Gasteiger partial charge in [0.2, 0.25) is 0 Å². The SMILES string of the molecule is O=C(c1ccccn1)N1C[C@@H]2CC[C@H](C1)N(Cc1cc3ccccc3o1)C2. The number of fused-ring (bicyclic) bond motifs is 5. The molecule has 5 heterocycles. The molecule has 2 aromatic heterocycles. The van der Waals surface area contributed by atoms with Gasteiger partial charge in [-0.25, -0.2) is 0 Å². The highest BCUT2D eigenvalue weighted by Crippen LogP contribution is 2.31. The summed E-state index contributed by atoms with van der Waals surface area (Å²) in [6, 6.07) is 16.2. The second-order valence-corrected chi connectivity index (χ2v) is 7.70. The molecule has 0 saturated carbocycles. The van der Waals surface area contributed by atoms with Crippen LogP contribution >= 0.6 is 0 Å². The van der Waals surface area contributed by atoms with E-state index in [0.717, 1.165) is 49.3 Å². The van der Waals surface area contributed by atoms with E-state index in [0.29, 0.717) is 17.7 Å². The molecule has 0 spiro atoms. The molecule has 1 aromatic carbocycles. The zero-order valence-corrected chi connectivity index (χ0v) is 15.3. The van der Waals surface area contributed by atoms with Crippen LogP contribution in [0.2, 0.25) is 0 Å². The summed E-state index contributed by atoms with van der Waals surface area (Å²) in [5.41, 5.74) is 1.49. The fraction of sp³-hybridized carbons (Fsp3) is 0.364. The number of pyridine rings is 1. The average molecular weight is 361 g/mol. The van der Waals surface area contributed by atoms with Crippen LogP contribution in [0.25, 0.3) is 11.0 Å². The average Bonchev–Trinajstić information content (AvgIpc) is 2.89. The maximum Gasteiger partial charge on any atom is 0.272 e. The Morgan fingerprint density at radius 2 is 1.96 bits per heavy atom. The van der Waals surface area contributed by atoms with E-state index in [1.54, 1.807) is 12.3 Å². The summed E-state index contributed by atoms with van der Waals surface area (Å²) >= 11 is 0. The van der Waals surface area contributed by atoms with Crippen molar-refractivity contribution in [2.75, 3.05) is 19.6 Å². The van der Waals surface area contributed by atoms with Gasteiger partial charge in [0.05, 0.1) is 6.54 Å². The number of benzene rings is 1. The van der Waals surface area contributed by atoms with Crippen molar-refractivity contribution in [2.45, 2.75) is 25.4 Å². The normalized spacial score (nSPS) is 22.9. The zero-order chi connectivity index (χ0) is 18.2. The number of hydrogen-bond donors (Lipinski definition) is 0. The molecule has 0 unspecified atom stereocenters. The van der Waals surface area contributed by atoms with Crippen molar-refractivity contribution in [1.29, 1.82) is 0 Å². The monoisotopic (exact) mass is 361 g/mol. The van der Waals surface area contributed by atoms with Crippen LogP contribution in [0.5, 0.6) is 0 Å². The van der Waals surface area contributed by atoms with Crippen molar-refractivity contribution in [3.05, 3.63) is 66.2 Å². The first-order chi connectivity index (χ1) is 13.3. The third-order valence-corrected chi connectivity index (χ3v) is 5.83. The van der Waals surface area contributed by atoms with Gasteiger partial charge in [0.1, 0.15) is 17.0 Å². The first-order valence-corrected chi connectivity index (χ1v) is 9.68. The van der Waals surface area contributed by atoms with E-state index in [1.807, 2.05) is 35.2 Å². The van der Waals surface area contributed by atoms with Crippen LogP contribution < -0.4 is 0 Å². The van der Waals surface area contributed by atoms with Gasteiger partial charge in [-0.05, 0) is 43.0 Å². The highest BCUT2D eigenvalue weighted by molar-refractivity contribution is 5.92. The highest BCUT2D eigenvalue weighted by Gasteiger charge is 2.37. The topological polar surface area (TPSA) is 49.6 Å². The maximum atomic E-state index is 12.9. The lowest BCUT2D eigenvalue weighted by molar-refractivity contribution is 0.0728. The minimum Gasteiger partial charge on any atom is -0.460 e. The molecule has 5 nitrogen and oxygen atoms in total. The lowest BCUT2D eigenvalue weighted by Gasteiger charge is -2.35. The summed E-state index contributed by atoms with van der Waals surface area (Å²) in [6.07, 6.45) is 4.01. The van der Waals surface area contributed by atoms with E-state index in [4.69, 9.17) is 4.42 Å². The molecule has 3 fully saturated rings. The molecule has 3 aliphatic heterocycles. The molecular weight excluding hydrogens is 338 g/mol. The van der Waals surface area contributed by atoms with Gasteiger partial charge in [0, 0.05) is 37.3 Å². The molecule has 3 saturated heterocycles. The van der Waals surface area contributed by atoms with Crippen LogP contribution in [0.4, 0.5) is 0 Å².